The van der Waals surface area contributed by atoms with Crippen LogP contribution >= 0.6 is 0 Å². The van der Waals surface area contributed by atoms with Gasteiger partial charge in [-0.25, -0.2) is 0 Å². The fourth-order valence-corrected chi connectivity index (χ4v) is 0. The van der Waals surface area contributed by atoms with Crippen LogP contribution < -0.4 is 0 Å². The normalized spacial score (nSPS) is 5.83. The molecule has 0 radical (unpaired) electrons. The fraction of sp³-hybridized carbons (Fsp3) is 0. The average Bonchev–Trinajstić information content (AvgIpc) is 0.811. The van der Waals surface area contributed by atoms with E-state index in [-0.39, 0.29) is 42.0 Å². The predicted octanol–water partition coefficient (Wildman–Crippen LogP) is -4.25. The first kappa shape index (κ1) is 15.7. The molecule has 0 aromatic heterocycles. The number of hydrogen-bond donors (Lipinski definition) is 2. The van der Waals surface area contributed by atoms with Crippen molar-refractivity contribution in [1.29, 1.82) is 0 Å². The molecule has 0 unspecified atom stereocenters. The molecule has 0 saturated heterocycles. The van der Waals surface area contributed by atoms with Gasteiger partial charge in [-0.1, -0.05) is 0 Å². The van der Waals surface area contributed by atoms with Crippen molar-refractivity contribution in [2.24, 2.45) is 0 Å². The SMILES string of the molecule is O=[Te](O)O.[GeH4].[SbH3]. The van der Waals surface area contributed by atoms with E-state index < -0.39 is 20.4 Å². The van der Waals surface area contributed by atoms with Crippen molar-refractivity contribution in [2.45, 2.75) is 0 Å². The van der Waals surface area contributed by atoms with Crippen LogP contribution in [0.25, 0.3) is 0 Å². The van der Waals surface area contributed by atoms with Gasteiger partial charge in [0.2, 0.25) is 0 Å². The summed E-state index contributed by atoms with van der Waals surface area (Å²) < 4.78 is 23.3. The molecule has 0 aromatic rings. The van der Waals surface area contributed by atoms with Gasteiger partial charge in [-0.3, -0.25) is 0 Å². The van der Waals surface area contributed by atoms with Crippen LogP contribution in [0, 0.1) is 0 Å². The molecule has 2 N–H and O–H groups in total. The van der Waals surface area contributed by atoms with Crippen molar-refractivity contribution in [2.75, 3.05) is 0 Å². The number of hydrogen-bond acceptors (Lipinski definition) is 1. The van der Waals surface area contributed by atoms with Gasteiger partial charge in [0.15, 0.2) is 0 Å². The van der Waals surface area contributed by atoms with Crippen molar-refractivity contribution >= 4 is 62.4 Å². The molecule has 0 fully saturated rings. The summed E-state index contributed by atoms with van der Waals surface area (Å²) in [5.74, 6) is 0. The van der Waals surface area contributed by atoms with E-state index in [1.165, 1.54) is 0 Å². The third-order valence-electron chi connectivity index (χ3n) is 0. The summed E-state index contributed by atoms with van der Waals surface area (Å²) in [7, 11) is 0. The minimum absolute atomic E-state index is 0. The van der Waals surface area contributed by atoms with Crippen LogP contribution in [0.2, 0.25) is 0 Å². The van der Waals surface area contributed by atoms with Crippen molar-refractivity contribution in [3.63, 3.8) is 0 Å². The summed E-state index contributed by atoms with van der Waals surface area (Å²) in [6.07, 6.45) is 0. The van der Waals surface area contributed by atoms with Crippen LogP contribution in [0.3, 0.4) is 0 Å². The van der Waals surface area contributed by atoms with E-state index in [1.807, 2.05) is 0 Å². The Hall–Kier alpha value is 1.87. The predicted molar refractivity (Wildman–Crippen MR) is 32.2 cm³/mol. The molecule has 6 heteroatoms. The molecule has 0 aliphatic carbocycles. The Morgan fingerprint density at radius 2 is 1.33 bits per heavy atom. The van der Waals surface area contributed by atoms with Gasteiger partial charge in [0.05, 0.1) is 0 Å². The van der Waals surface area contributed by atoms with Gasteiger partial charge in [-0.15, -0.1) is 0 Å². The zero-order valence-corrected chi connectivity index (χ0v) is 8.78. The van der Waals surface area contributed by atoms with E-state index in [1.54, 1.807) is 0 Å². The standard InChI is InChI=1S/GeH4.H2O3Te.Sb.3H/c;1-4(2)3;;;;/h1H4;(H2,1,2,3);;;;. The van der Waals surface area contributed by atoms with Gasteiger partial charge < -0.3 is 0 Å². The van der Waals surface area contributed by atoms with E-state index in [0.29, 0.717) is 0 Å². The topological polar surface area (TPSA) is 57.5 Å². The minimum atomic E-state index is -3.61. The second kappa shape index (κ2) is 9.98. The van der Waals surface area contributed by atoms with E-state index >= 15 is 0 Å². The molecule has 0 spiro atoms. The maximum atomic E-state index is 8.81. The van der Waals surface area contributed by atoms with E-state index in [2.05, 4.69) is 0 Å². The molecule has 42 valence electrons. The third kappa shape index (κ3) is 39.8. The van der Waals surface area contributed by atoms with E-state index in [0.717, 1.165) is 0 Å². The summed E-state index contributed by atoms with van der Waals surface area (Å²) in [5, 5.41) is 0. The summed E-state index contributed by atoms with van der Waals surface area (Å²) in [6, 6.07) is 0. The zero-order valence-electron chi connectivity index (χ0n) is 2.42. The first-order chi connectivity index (χ1) is 1.73. The van der Waals surface area contributed by atoms with Gasteiger partial charge in [-0.05, 0) is 0 Å². The molecule has 3 nitrogen and oxygen atoms in total. The molecular weight excluding hydrogens is 370 g/mol. The van der Waals surface area contributed by atoms with Crippen molar-refractivity contribution in [3.8, 4) is 0 Å². The van der Waals surface area contributed by atoms with Crippen LogP contribution in [-0.4, -0.2) is 69.3 Å². The Balaban J connectivity index is -0.0000000450. The maximum absolute atomic E-state index is 8.81. The van der Waals surface area contributed by atoms with E-state index in [4.69, 9.17) is 10.0 Å². The van der Waals surface area contributed by atoms with Crippen LogP contribution in [0.15, 0.2) is 0 Å². The Morgan fingerprint density at radius 3 is 1.33 bits per heavy atom. The number of rotatable bonds is 0. The zero-order chi connectivity index (χ0) is 3.58. The first-order valence-electron chi connectivity index (χ1n) is 0.532. The molecule has 0 rings (SSSR count). The van der Waals surface area contributed by atoms with Gasteiger partial charge in [0, 0.05) is 0 Å². The van der Waals surface area contributed by atoms with E-state index in [9.17, 15) is 0 Å². The fourth-order valence-electron chi connectivity index (χ4n) is 0. The summed E-state index contributed by atoms with van der Waals surface area (Å²) in [5.41, 5.74) is 0. The first-order valence-corrected chi connectivity index (χ1v) is 3.57. The molecule has 0 amide bonds. The molecule has 0 atom stereocenters. The van der Waals surface area contributed by atoms with Gasteiger partial charge in [0.1, 0.15) is 0 Å². The molecule has 0 saturated carbocycles. The second-order valence-electron chi connectivity index (χ2n) is 0.231. The Bertz CT molecular complexity index is 33.8. The van der Waals surface area contributed by atoms with Crippen LogP contribution in [-0.2, 0) is 3.10 Å². The molecule has 0 aliphatic heterocycles. The van der Waals surface area contributed by atoms with Crippen LogP contribution in [0.4, 0.5) is 0 Å². The summed E-state index contributed by atoms with van der Waals surface area (Å²) in [4.78, 5) is 0. The quantitative estimate of drug-likeness (QED) is 0.420. The molecule has 0 aromatic carbocycles. The Labute approximate surface area is 71.6 Å². The monoisotopic (exact) mass is 382 g/mol. The van der Waals surface area contributed by atoms with Crippen LogP contribution in [0.5, 0.6) is 0 Å². The van der Waals surface area contributed by atoms with Gasteiger partial charge in [0.25, 0.3) is 0 Å². The van der Waals surface area contributed by atoms with Crippen LogP contribution in [0.1, 0.15) is 0 Å². The molecule has 0 aliphatic rings. The van der Waals surface area contributed by atoms with Gasteiger partial charge in [-0.2, -0.15) is 0 Å². The average molecular weight is 379 g/mol. The summed E-state index contributed by atoms with van der Waals surface area (Å²) >= 11 is -3.61. The third-order valence-corrected chi connectivity index (χ3v) is 0. The Morgan fingerprint density at radius 1 is 1.33 bits per heavy atom. The van der Waals surface area contributed by atoms with Gasteiger partial charge >= 0.3 is 72.4 Å². The molecule has 6 heavy (non-hydrogen) atoms. The van der Waals surface area contributed by atoms with Crippen molar-refractivity contribution in [3.05, 3.63) is 0 Å². The van der Waals surface area contributed by atoms with Crippen molar-refractivity contribution < 1.29 is 10.0 Å². The molecular formula is H9GeO3SbTe. The molecule has 0 bridgehead atoms. The summed E-state index contributed by atoms with van der Waals surface area (Å²) in [6.45, 7) is 0. The van der Waals surface area contributed by atoms with Crippen molar-refractivity contribution in [1.82, 2.24) is 0 Å². The molecule has 0 heterocycles. The Kier molecular flexibility index (Phi) is 26.1. The second-order valence-corrected chi connectivity index (χ2v) is 1.55.